The number of allylic oxidation sites excluding steroid dienone is 1. The average molecular weight is 220 g/mol. The molecule has 6 heteroatoms. The Balaban J connectivity index is 2.71. The van der Waals surface area contributed by atoms with Gasteiger partial charge in [-0.25, -0.2) is 0 Å². The highest BCUT2D eigenvalue weighted by Crippen LogP contribution is 2.11. The molecule has 0 bridgehead atoms. The van der Waals surface area contributed by atoms with Crippen molar-refractivity contribution < 1.29 is 4.74 Å². The number of ether oxygens (including phenoxy) is 1. The minimum atomic E-state index is 0.0138. The molecule has 0 radical (unpaired) electrons. The maximum atomic E-state index is 5.51. The molecule has 1 rings (SSSR count). The van der Waals surface area contributed by atoms with Gasteiger partial charge in [-0.1, -0.05) is 6.92 Å². The fourth-order valence-corrected chi connectivity index (χ4v) is 0.915. The lowest BCUT2D eigenvalue weighted by molar-refractivity contribution is 0.436. The van der Waals surface area contributed by atoms with Gasteiger partial charge in [0.15, 0.2) is 0 Å². The predicted octanol–water partition coefficient (Wildman–Crippen LogP) is 2.48. The standard InChI is InChI=1S/C7H7Cl2N3O/c1-2-3-4-13-7-11-5(8)10-6(9)12-7/h3-4H,2H2,1H3/b4-3+. The fraction of sp³-hybridized carbons (Fsp3) is 0.286. The van der Waals surface area contributed by atoms with E-state index >= 15 is 0 Å². The van der Waals surface area contributed by atoms with E-state index in [4.69, 9.17) is 27.9 Å². The van der Waals surface area contributed by atoms with Crippen LogP contribution in [0, 0.1) is 0 Å². The maximum absolute atomic E-state index is 5.51. The molecule has 0 aromatic carbocycles. The summed E-state index contributed by atoms with van der Waals surface area (Å²) in [5, 5.41) is 0.0276. The lowest BCUT2D eigenvalue weighted by Gasteiger charge is -1.97. The second kappa shape index (κ2) is 4.99. The third-order valence-corrected chi connectivity index (χ3v) is 1.40. The minimum absolute atomic E-state index is 0.0138. The van der Waals surface area contributed by atoms with Crippen LogP contribution < -0.4 is 4.74 Å². The predicted molar refractivity (Wildman–Crippen MR) is 49.9 cm³/mol. The van der Waals surface area contributed by atoms with E-state index in [0.717, 1.165) is 6.42 Å². The van der Waals surface area contributed by atoms with Gasteiger partial charge < -0.3 is 4.74 Å². The third-order valence-electron chi connectivity index (χ3n) is 1.07. The zero-order valence-corrected chi connectivity index (χ0v) is 8.38. The molecule has 0 atom stereocenters. The molecule has 0 aliphatic heterocycles. The first-order valence-electron chi connectivity index (χ1n) is 3.61. The van der Waals surface area contributed by atoms with Crippen LogP contribution in [-0.4, -0.2) is 15.0 Å². The molecule has 1 heterocycles. The van der Waals surface area contributed by atoms with Crippen molar-refractivity contribution in [3.8, 4) is 6.01 Å². The van der Waals surface area contributed by atoms with Crippen molar-refractivity contribution in [3.05, 3.63) is 22.9 Å². The zero-order valence-electron chi connectivity index (χ0n) is 6.87. The Morgan fingerprint density at radius 1 is 1.23 bits per heavy atom. The maximum Gasteiger partial charge on any atom is 0.327 e. The topological polar surface area (TPSA) is 47.9 Å². The van der Waals surface area contributed by atoms with Crippen LogP contribution in [0.3, 0.4) is 0 Å². The normalized spacial score (nSPS) is 10.7. The van der Waals surface area contributed by atoms with Gasteiger partial charge in [0.2, 0.25) is 10.6 Å². The van der Waals surface area contributed by atoms with E-state index < -0.39 is 0 Å². The van der Waals surface area contributed by atoms with Crippen LogP contribution in [0.25, 0.3) is 0 Å². The van der Waals surface area contributed by atoms with Crippen LogP contribution in [-0.2, 0) is 0 Å². The van der Waals surface area contributed by atoms with Gasteiger partial charge >= 0.3 is 6.01 Å². The number of hydrogen-bond acceptors (Lipinski definition) is 4. The molecule has 0 amide bonds. The van der Waals surface area contributed by atoms with Crippen molar-refractivity contribution in [1.29, 1.82) is 0 Å². The highest BCUT2D eigenvalue weighted by atomic mass is 35.5. The van der Waals surface area contributed by atoms with Crippen molar-refractivity contribution >= 4 is 23.2 Å². The summed E-state index contributed by atoms with van der Waals surface area (Å²) in [7, 11) is 0. The smallest absolute Gasteiger partial charge is 0.327 e. The molecule has 13 heavy (non-hydrogen) atoms. The Labute approximate surface area is 85.6 Å². The molecule has 1 aromatic rings. The Morgan fingerprint density at radius 2 is 1.85 bits per heavy atom. The van der Waals surface area contributed by atoms with Crippen LogP contribution in [0.15, 0.2) is 12.3 Å². The highest BCUT2D eigenvalue weighted by Gasteiger charge is 2.01. The molecule has 1 aromatic heterocycles. The van der Waals surface area contributed by atoms with Crippen LogP contribution >= 0.6 is 23.2 Å². The van der Waals surface area contributed by atoms with Gasteiger partial charge in [-0.2, -0.15) is 15.0 Å². The Morgan fingerprint density at radius 3 is 2.38 bits per heavy atom. The van der Waals surface area contributed by atoms with Crippen LogP contribution in [0.1, 0.15) is 13.3 Å². The Bertz CT molecular complexity index is 296. The van der Waals surface area contributed by atoms with Gasteiger partial charge in [-0.15, -0.1) is 0 Å². The van der Waals surface area contributed by atoms with Crippen molar-refractivity contribution in [2.24, 2.45) is 0 Å². The lowest BCUT2D eigenvalue weighted by atomic mass is 10.5. The summed E-state index contributed by atoms with van der Waals surface area (Å²) in [4.78, 5) is 10.9. The molecule has 70 valence electrons. The van der Waals surface area contributed by atoms with Gasteiger partial charge in [0.05, 0.1) is 6.26 Å². The van der Waals surface area contributed by atoms with E-state index in [-0.39, 0.29) is 16.6 Å². The first kappa shape index (κ1) is 10.2. The molecule has 0 N–H and O–H groups in total. The monoisotopic (exact) mass is 219 g/mol. The van der Waals surface area contributed by atoms with E-state index in [2.05, 4.69) is 15.0 Å². The molecule has 0 saturated carbocycles. The fourth-order valence-electron chi connectivity index (χ4n) is 0.567. The summed E-state index contributed by atoms with van der Waals surface area (Å²) in [6, 6.07) is 0.0923. The van der Waals surface area contributed by atoms with E-state index in [1.807, 2.05) is 13.0 Å². The summed E-state index contributed by atoms with van der Waals surface area (Å²) >= 11 is 11.0. The summed E-state index contributed by atoms with van der Waals surface area (Å²) < 4.78 is 5.00. The van der Waals surface area contributed by atoms with Crippen molar-refractivity contribution in [1.82, 2.24) is 15.0 Å². The number of aromatic nitrogens is 3. The van der Waals surface area contributed by atoms with E-state index in [9.17, 15) is 0 Å². The molecular formula is C7H7Cl2N3O. The molecule has 0 aliphatic carbocycles. The number of halogens is 2. The molecule has 4 nitrogen and oxygen atoms in total. The number of rotatable bonds is 3. The Kier molecular flexibility index (Phi) is 3.92. The third kappa shape index (κ3) is 3.57. The molecule has 0 aliphatic rings. The SMILES string of the molecule is CC/C=C/Oc1nc(Cl)nc(Cl)n1. The van der Waals surface area contributed by atoms with Gasteiger partial charge in [-0.05, 0) is 35.7 Å². The highest BCUT2D eigenvalue weighted by molar-refractivity contribution is 6.31. The molecule has 0 unspecified atom stereocenters. The van der Waals surface area contributed by atoms with E-state index in [1.165, 1.54) is 6.26 Å². The van der Waals surface area contributed by atoms with Gasteiger partial charge in [-0.3, -0.25) is 0 Å². The summed E-state index contributed by atoms with van der Waals surface area (Å²) in [5.41, 5.74) is 0. The Hall–Kier alpha value is -0.870. The molecule has 0 spiro atoms. The van der Waals surface area contributed by atoms with Crippen molar-refractivity contribution in [2.45, 2.75) is 13.3 Å². The summed E-state index contributed by atoms with van der Waals surface area (Å²) in [5.74, 6) is 0. The summed E-state index contributed by atoms with van der Waals surface area (Å²) in [6.07, 6.45) is 4.15. The average Bonchev–Trinajstić information content (AvgIpc) is 2.03. The quantitative estimate of drug-likeness (QED) is 0.734. The molecular weight excluding hydrogens is 213 g/mol. The minimum Gasteiger partial charge on any atom is -0.432 e. The molecule has 0 fully saturated rings. The molecule has 0 saturated heterocycles. The largest absolute Gasteiger partial charge is 0.432 e. The van der Waals surface area contributed by atoms with Crippen molar-refractivity contribution in [2.75, 3.05) is 0 Å². The van der Waals surface area contributed by atoms with Gasteiger partial charge in [0.25, 0.3) is 0 Å². The number of hydrogen-bond donors (Lipinski definition) is 0. The van der Waals surface area contributed by atoms with Crippen LogP contribution in [0.5, 0.6) is 6.01 Å². The van der Waals surface area contributed by atoms with Crippen LogP contribution in [0.4, 0.5) is 0 Å². The number of nitrogens with zero attached hydrogens (tertiary/aromatic N) is 3. The lowest BCUT2D eigenvalue weighted by Crippen LogP contribution is -1.94. The first-order chi connectivity index (χ1) is 6.22. The van der Waals surface area contributed by atoms with E-state index in [0.29, 0.717) is 0 Å². The van der Waals surface area contributed by atoms with Gasteiger partial charge in [0, 0.05) is 0 Å². The summed E-state index contributed by atoms with van der Waals surface area (Å²) in [6.45, 7) is 1.98. The second-order valence-corrected chi connectivity index (χ2v) is 2.73. The zero-order chi connectivity index (χ0) is 9.68. The van der Waals surface area contributed by atoms with Crippen molar-refractivity contribution in [3.63, 3.8) is 0 Å². The van der Waals surface area contributed by atoms with Gasteiger partial charge in [0.1, 0.15) is 0 Å². The van der Waals surface area contributed by atoms with E-state index in [1.54, 1.807) is 0 Å². The van der Waals surface area contributed by atoms with Crippen LogP contribution in [0.2, 0.25) is 10.6 Å². The second-order valence-electron chi connectivity index (χ2n) is 2.05. The first-order valence-corrected chi connectivity index (χ1v) is 4.36.